The summed E-state index contributed by atoms with van der Waals surface area (Å²) in [5, 5.41) is 12.0. The Morgan fingerprint density at radius 3 is 2.48 bits per heavy atom. The van der Waals surface area contributed by atoms with Crippen molar-refractivity contribution in [3.63, 3.8) is 0 Å². The van der Waals surface area contributed by atoms with E-state index in [1.807, 2.05) is 49.4 Å². The molecule has 4 rings (SSSR count). The fraction of sp³-hybridized carbons (Fsp3) is 0.231. The second-order valence-electron chi connectivity index (χ2n) is 8.04. The zero-order valence-corrected chi connectivity index (χ0v) is 18.7. The van der Waals surface area contributed by atoms with E-state index in [4.69, 9.17) is 9.52 Å². The summed E-state index contributed by atoms with van der Waals surface area (Å²) in [4.78, 5) is 29.0. The molecule has 1 aromatic heterocycles. The minimum absolute atomic E-state index is 0.0371. The molecule has 33 heavy (non-hydrogen) atoms. The second kappa shape index (κ2) is 9.34. The lowest BCUT2D eigenvalue weighted by molar-refractivity contribution is -0.117. The Morgan fingerprint density at radius 1 is 1.12 bits per heavy atom. The Morgan fingerprint density at radius 2 is 1.85 bits per heavy atom. The third kappa shape index (κ3) is 4.40. The average Bonchev–Trinajstić information content (AvgIpc) is 3.36. The lowest BCUT2D eigenvalue weighted by atomic mass is 9.99. The summed E-state index contributed by atoms with van der Waals surface area (Å²) in [5.41, 5.74) is 4.92. The first-order valence-corrected chi connectivity index (χ1v) is 10.8. The molecule has 170 valence electrons. The van der Waals surface area contributed by atoms with Gasteiger partial charge in [-0.1, -0.05) is 36.9 Å². The van der Waals surface area contributed by atoms with E-state index in [1.54, 1.807) is 21.9 Å². The maximum atomic E-state index is 13.2. The lowest BCUT2D eigenvalue weighted by Crippen LogP contribution is -2.51. The van der Waals surface area contributed by atoms with Crippen LogP contribution < -0.4 is 15.1 Å². The third-order valence-electron chi connectivity index (χ3n) is 5.75. The van der Waals surface area contributed by atoms with Crippen LogP contribution in [0.25, 0.3) is 16.8 Å². The highest BCUT2D eigenvalue weighted by atomic mass is 16.3. The molecule has 0 saturated carbocycles. The zero-order valence-electron chi connectivity index (χ0n) is 18.7. The highest BCUT2D eigenvalue weighted by Crippen LogP contribution is 2.39. The van der Waals surface area contributed by atoms with Crippen LogP contribution in [0.3, 0.4) is 0 Å². The number of fused-ring (bicyclic) bond motifs is 1. The van der Waals surface area contributed by atoms with Gasteiger partial charge in [0.2, 0.25) is 5.91 Å². The molecule has 1 atom stereocenters. The Balaban J connectivity index is 1.72. The van der Waals surface area contributed by atoms with Crippen LogP contribution in [0.15, 0.2) is 71.9 Å². The summed E-state index contributed by atoms with van der Waals surface area (Å²) in [7, 11) is 0. The molecule has 2 aromatic carbocycles. The number of anilines is 2. The van der Waals surface area contributed by atoms with Crippen molar-refractivity contribution < 1.29 is 19.1 Å². The molecule has 2 N–H and O–H groups in total. The summed E-state index contributed by atoms with van der Waals surface area (Å²) in [6.45, 7) is 8.30. The van der Waals surface area contributed by atoms with Gasteiger partial charge in [0.1, 0.15) is 0 Å². The molecule has 2 amide bonds. The van der Waals surface area contributed by atoms with Gasteiger partial charge in [-0.15, -0.1) is 0 Å². The maximum absolute atomic E-state index is 13.2. The number of rotatable bonds is 6. The quantitative estimate of drug-likeness (QED) is 0.601. The predicted molar refractivity (Wildman–Crippen MR) is 129 cm³/mol. The van der Waals surface area contributed by atoms with Crippen LogP contribution in [0.2, 0.25) is 0 Å². The van der Waals surface area contributed by atoms with Gasteiger partial charge in [0.05, 0.1) is 30.3 Å². The highest BCUT2D eigenvalue weighted by molar-refractivity contribution is 6.10. The Hall–Kier alpha value is -3.84. The molecule has 2 heterocycles. The van der Waals surface area contributed by atoms with Crippen molar-refractivity contribution in [1.82, 2.24) is 5.32 Å². The van der Waals surface area contributed by atoms with Crippen LogP contribution in [-0.2, 0) is 4.79 Å². The number of nitrogens with zero attached hydrogens (tertiary/aromatic N) is 2. The summed E-state index contributed by atoms with van der Waals surface area (Å²) in [6.07, 6.45) is 1.48. The SMILES string of the molecule is C=C(NCCO)c1ccc(-c2ccc3c(c2)N(C(=O)c2ccco2)CC(C)N3C(C)=O)cc1. The molecule has 1 aliphatic rings. The number of carbonyl (C=O) groups is 2. The molecule has 0 fully saturated rings. The molecule has 0 bridgehead atoms. The zero-order chi connectivity index (χ0) is 23.5. The fourth-order valence-electron chi connectivity index (χ4n) is 4.18. The van der Waals surface area contributed by atoms with Gasteiger partial charge < -0.3 is 24.6 Å². The molecule has 1 unspecified atom stereocenters. The van der Waals surface area contributed by atoms with Crippen LogP contribution in [-0.4, -0.2) is 42.7 Å². The summed E-state index contributed by atoms with van der Waals surface area (Å²) >= 11 is 0. The van der Waals surface area contributed by atoms with Crippen molar-refractivity contribution in [3.8, 4) is 11.1 Å². The molecule has 0 saturated heterocycles. The van der Waals surface area contributed by atoms with Gasteiger partial charge >= 0.3 is 0 Å². The van der Waals surface area contributed by atoms with Crippen LogP contribution in [0.4, 0.5) is 11.4 Å². The Labute approximate surface area is 192 Å². The van der Waals surface area contributed by atoms with E-state index in [0.29, 0.717) is 24.5 Å². The topological polar surface area (TPSA) is 86.0 Å². The van der Waals surface area contributed by atoms with Crippen molar-refractivity contribution in [3.05, 3.63) is 78.8 Å². The summed E-state index contributed by atoms with van der Waals surface area (Å²) in [6, 6.07) is 16.8. The molecule has 0 spiro atoms. The van der Waals surface area contributed by atoms with Gasteiger partial charge in [-0.05, 0) is 47.9 Å². The first-order valence-electron chi connectivity index (χ1n) is 10.8. The van der Waals surface area contributed by atoms with E-state index in [2.05, 4.69) is 11.9 Å². The molecule has 0 radical (unpaired) electrons. The summed E-state index contributed by atoms with van der Waals surface area (Å²) in [5.74, 6) is -0.0528. The van der Waals surface area contributed by atoms with Crippen LogP contribution in [0.1, 0.15) is 30.0 Å². The molecular formula is C26H27N3O4. The number of amides is 2. The minimum Gasteiger partial charge on any atom is -0.459 e. The fourth-order valence-corrected chi connectivity index (χ4v) is 4.18. The first kappa shape index (κ1) is 22.4. The van der Waals surface area contributed by atoms with Crippen molar-refractivity contribution in [2.24, 2.45) is 0 Å². The largest absolute Gasteiger partial charge is 0.459 e. The number of benzene rings is 2. The standard InChI is InChI=1S/C26H27N3O4/c1-17-16-28(26(32)25-5-4-14-33-25)24-15-22(10-11-23(24)29(17)19(3)31)21-8-6-20(7-9-21)18(2)27-12-13-30/h4-11,14-15,17,27,30H,2,12-13,16H2,1,3H3. The van der Waals surface area contributed by atoms with Gasteiger partial charge in [-0.25, -0.2) is 0 Å². The molecule has 7 heteroatoms. The van der Waals surface area contributed by atoms with Gasteiger partial charge in [0, 0.05) is 25.7 Å². The highest BCUT2D eigenvalue weighted by Gasteiger charge is 2.34. The van der Waals surface area contributed by atoms with E-state index < -0.39 is 0 Å². The van der Waals surface area contributed by atoms with E-state index in [-0.39, 0.29) is 30.2 Å². The van der Waals surface area contributed by atoms with Gasteiger partial charge in [-0.2, -0.15) is 0 Å². The van der Waals surface area contributed by atoms with Crippen molar-refractivity contribution >= 4 is 28.9 Å². The maximum Gasteiger partial charge on any atom is 0.294 e. The number of aliphatic hydroxyl groups is 1. The van der Waals surface area contributed by atoms with Crippen molar-refractivity contribution in [2.75, 3.05) is 29.5 Å². The third-order valence-corrected chi connectivity index (χ3v) is 5.75. The van der Waals surface area contributed by atoms with Crippen LogP contribution in [0.5, 0.6) is 0 Å². The smallest absolute Gasteiger partial charge is 0.294 e. The molecule has 3 aromatic rings. The number of hydrogen-bond donors (Lipinski definition) is 2. The van der Waals surface area contributed by atoms with E-state index >= 15 is 0 Å². The number of furan rings is 1. The number of aliphatic hydroxyl groups excluding tert-OH is 1. The Kier molecular flexibility index (Phi) is 6.33. The van der Waals surface area contributed by atoms with E-state index in [0.717, 1.165) is 22.4 Å². The normalized spacial score (nSPS) is 15.2. The molecule has 0 aliphatic carbocycles. The first-order chi connectivity index (χ1) is 15.9. The van der Waals surface area contributed by atoms with Gasteiger partial charge in [-0.3, -0.25) is 9.59 Å². The predicted octanol–water partition coefficient (Wildman–Crippen LogP) is 3.90. The van der Waals surface area contributed by atoms with Gasteiger partial charge in [0.15, 0.2) is 5.76 Å². The van der Waals surface area contributed by atoms with Crippen LogP contribution in [0, 0.1) is 0 Å². The summed E-state index contributed by atoms with van der Waals surface area (Å²) < 4.78 is 5.35. The number of carbonyl (C=O) groups excluding carboxylic acids is 2. The molecule has 1 aliphatic heterocycles. The van der Waals surface area contributed by atoms with Crippen LogP contribution >= 0.6 is 0 Å². The monoisotopic (exact) mass is 445 g/mol. The average molecular weight is 446 g/mol. The van der Waals surface area contributed by atoms with Crippen molar-refractivity contribution in [2.45, 2.75) is 19.9 Å². The van der Waals surface area contributed by atoms with E-state index in [9.17, 15) is 9.59 Å². The lowest BCUT2D eigenvalue weighted by Gasteiger charge is -2.40. The Bertz CT molecular complexity index is 1170. The van der Waals surface area contributed by atoms with E-state index in [1.165, 1.54) is 13.2 Å². The number of nitrogens with one attached hydrogen (secondary N) is 1. The molecule has 7 nitrogen and oxygen atoms in total. The van der Waals surface area contributed by atoms with Gasteiger partial charge in [0.25, 0.3) is 5.91 Å². The van der Waals surface area contributed by atoms with Crippen molar-refractivity contribution in [1.29, 1.82) is 0 Å². The molecular weight excluding hydrogens is 418 g/mol. The minimum atomic E-state index is -0.241. The second-order valence-corrected chi connectivity index (χ2v) is 8.04. The number of hydrogen-bond acceptors (Lipinski definition) is 5.